The molecule has 2 aromatic carbocycles. The van der Waals surface area contributed by atoms with Gasteiger partial charge in [-0.05, 0) is 42.3 Å². The average molecular weight is 401 g/mol. The maximum atomic E-state index is 14.3. The van der Waals surface area contributed by atoms with E-state index in [1.807, 2.05) is 41.4 Å². The molecule has 0 unspecified atom stereocenters. The summed E-state index contributed by atoms with van der Waals surface area (Å²) >= 11 is 0. The summed E-state index contributed by atoms with van der Waals surface area (Å²) in [5.41, 5.74) is 3.05. The number of urea groups is 1. The van der Waals surface area contributed by atoms with E-state index in [0.29, 0.717) is 25.3 Å². The molecule has 0 spiro atoms. The van der Waals surface area contributed by atoms with Crippen molar-refractivity contribution in [3.63, 3.8) is 0 Å². The highest BCUT2D eigenvalue weighted by atomic mass is 19.1. The molecule has 1 aliphatic heterocycles. The molecule has 1 aliphatic rings. The average Bonchev–Trinajstić information content (AvgIpc) is 3.37. The lowest BCUT2D eigenvalue weighted by Gasteiger charge is -2.19. The van der Waals surface area contributed by atoms with Crippen molar-refractivity contribution >= 4 is 22.6 Å². The number of rotatable bonds is 5. The van der Waals surface area contributed by atoms with E-state index in [4.69, 9.17) is 0 Å². The number of benzene rings is 2. The van der Waals surface area contributed by atoms with E-state index in [-0.39, 0.29) is 11.8 Å². The van der Waals surface area contributed by atoms with Crippen molar-refractivity contribution < 1.29 is 9.18 Å². The Morgan fingerprint density at radius 3 is 2.63 bits per heavy atom. The summed E-state index contributed by atoms with van der Waals surface area (Å²) in [5.74, 6) is -0.341. The fraction of sp³-hybridized carbons (Fsp3) is 0.174. The standard InChI is InChI=1S/C23H20FN5O/c24-19-6-1-2-7-22(19)29-21-9-3-8-20(18(21)16-26-29)28-14-13-27(23(28)30)12-10-17-5-4-11-25-15-17/h1-9,11,15-16H,10,12-14H2. The number of pyridine rings is 1. The minimum absolute atomic E-state index is 0.0231. The van der Waals surface area contributed by atoms with Gasteiger partial charge in [-0.2, -0.15) is 5.10 Å². The van der Waals surface area contributed by atoms with Crippen LogP contribution in [-0.2, 0) is 6.42 Å². The van der Waals surface area contributed by atoms with Crippen molar-refractivity contribution in [3.8, 4) is 5.69 Å². The summed E-state index contributed by atoms with van der Waals surface area (Å²) in [7, 11) is 0. The third-order valence-electron chi connectivity index (χ3n) is 5.45. The van der Waals surface area contributed by atoms with Crippen LogP contribution in [0.2, 0.25) is 0 Å². The number of para-hydroxylation sites is 1. The molecule has 0 bridgehead atoms. The largest absolute Gasteiger partial charge is 0.324 e. The van der Waals surface area contributed by atoms with Crippen LogP contribution in [0.3, 0.4) is 0 Å². The van der Waals surface area contributed by atoms with Crippen LogP contribution in [-0.4, -0.2) is 45.3 Å². The van der Waals surface area contributed by atoms with Gasteiger partial charge in [0.1, 0.15) is 11.5 Å². The summed E-state index contributed by atoms with van der Waals surface area (Å²) in [6.45, 7) is 1.91. The third-order valence-corrected chi connectivity index (χ3v) is 5.45. The number of nitrogens with zero attached hydrogens (tertiary/aromatic N) is 5. The summed E-state index contributed by atoms with van der Waals surface area (Å²) < 4.78 is 15.9. The first-order chi connectivity index (χ1) is 14.7. The van der Waals surface area contributed by atoms with Crippen LogP contribution in [0.25, 0.3) is 16.6 Å². The fourth-order valence-electron chi connectivity index (χ4n) is 3.91. The lowest BCUT2D eigenvalue weighted by atomic mass is 10.2. The van der Waals surface area contributed by atoms with Crippen LogP contribution in [0.5, 0.6) is 0 Å². The molecule has 0 atom stereocenters. The molecular formula is C23H20FN5O. The normalized spacial score (nSPS) is 14.1. The molecule has 2 amide bonds. The van der Waals surface area contributed by atoms with Crippen LogP contribution in [0, 0.1) is 5.82 Å². The molecule has 30 heavy (non-hydrogen) atoms. The van der Waals surface area contributed by atoms with Crippen molar-refractivity contribution in [2.75, 3.05) is 24.5 Å². The van der Waals surface area contributed by atoms with Gasteiger partial charge in [0.05, 0.1) is 17.4 Å². The van der Waals surface area contributed by atoms with Gasteiger partial charge in [-0.3, -0.25) is 9.88 Å². The summed E-state index contributed by atoms with van der Waals surface area (Å²) in [6.07, 6.45) is 6.04. The second kappa shape index (κ2) is 7.59. The molecule has 150 valence electrons. The molecule has 3 heterocycles. The van der Waals surface area contributed by atoms with Crippen molar-refractivity contribution in [2.24, 2.45) is 0 Å². The van der Waals surface area contributed by atoms with Crippen LogP contribution in [0.15, 0.2) is 73.2 Å². The molecule has 0 N–H and O–H groups in total. The van der Waals surface area contributed by atoms with Gasteiger partial charge in [0.25, 0.3) is 0 Å². The first kappa shape index (κ1) is 18.3. The minimum Gasteiger partial charge on any atom is -0.322 e. The number of carbonyl (C=O) groups is 1. The summed E-state index contributed by atoms with van der Waals surface area (Å²) in [5, 5.41) is 5.22. The van der Waals surface area contributed by atoms with E-state index in [1.54, 1.807) is 40.2 Å². The van der Waals surface area contributed by atoms with Crippen LogP contribution in [0.1, 0.15) is 5.56 Å². The van der Waals surface area contributed by atoms with Gasteiger partial charge < -0.3 is 4.90 Å². The molecule has 4 aromatic rings. The molecule has 0 aliphatic carbocycles. The lowest BCUT2D eigenvalue weighted by molar-refractivity contribution is 0.221. The van der Waals surface area contributed by atoms with Gasteiger partial charge in [0, 0.05) is 37.4 Å². The van der Waals surface area contributed by atoms with E-state index in [2.05, 4.69) is 10.1 Å². The molecule has 5 rings (SSSR count). The Bertz CT molecular complexity index is 1210. The number of hydrogen-bond donors (Lipinski definition) is 0. The number of fused-ring (bicyclic) bond motifs is 1. The van der Waals surface area contributed by atoms with E-state index in [9.17, 15) is 9.18 Å². The number of amides is 2. The van der Waals surface area contributed by atoms with Crippen molar-refractivity contribution in [1.29, 1.82) is 0 Å². The zero-order chi connectivity index (χ0) is 20.5. The van der Waals surface area contributed by atoms with Gasteiger partial charge in [-0.1, -0.05) is 24.3 Å². The van der Waals surface area contributed by atoms with Crippen molar-refractivity contribution in [3.05, 3.63) is 84.6 Å². The summed E-state index contributed by atoms with van der Waals surface area (Å²) in [4.78, 5) is 20.8. The Labute approximate surface area is 173 Å². The number of anilines is 1. The van der Waals surface area contributed by atoms with Gasteiger partial charge in [-0.15, -0.1) is 0 Å². The number of hydrogen-bond acceptors (Lipinski definition) is 3. The second-order valence-electron chi connectivity index (χ2n) is 7.25. The molecule has 1 fully saturated rings. The summed E-state index contributed by atoms with van der Waals surface area (Å²) in [6, 6.07) is 16.1. The van der Waals surface area contributed by atoms with Crippen LogP contribution >= 0.6 is 0 Å². The van der Waals surface area contributed by atoms with Crippen molar-refractivity contribution in [1.82, 2.24) is 19.7 Å². The fourth-order valence-corrected chi connectivity index (χ4v) is 3.91. The molecule has 6 nitrogen and oxygen atoms in total. The second-order valence-corrected chi connectivity index (χ2v) is 7.25. The minimum atomic E-state index is -0.341. The molecule has 7 heteroatoms. The SMILES string of the molecule is O=C1N(CCc2cccnc2)CCN1c1cccc2c1cnn2-c1ccccc1F. The molecular weight excluding hydrogens is 381 g/mol. The molecule has 0 saturated carbocycles. The lowest BCUT2D eigenvalue weighted by Crippen LogP contribution is -2.33. The van der Waals surface area contributed by atoms with Crippen molar-refractivity contribution in [2.45, 2.75) is 6.42 Å². The van der Waals surface area contributed by atoms with Gasteiger partial charge >= 0.3 is 6.03 Å². The van der Waals surface area contributed by atoms with E-state index < -0.39 is 0 Å². The highest BCUT2D eigenvalue weighted by molar-refractivity contribution is 6.03. The predicted octanol–water partition coefficient (Wildman–Crippen LogP) is 4.04. The monoisotopic (exact) mass is 401 g/mol. The molecule has 0 radical (unpaired) electrons. The Morgan fingerprint density at radius 1 is 0.933 bits per heavy atom. The van der Waals surface area contributed by atoms with E-state index in [1.165, 1.54) is 6.07 Å². The molecule has 2 aromatic heterocycles. The maximum Gasteiger partial charge on any atom is 0.324 e. The van der Waals surface area contributed by atoms with Gasteiger partial charge in [0.15, 0.2) is 0 Å². The zero-order valence-corrected chi connectivity index (χ0v) is 16.3. The highest BCUT2D eigenvalue weighted by Gasteiger charge is 2.30. The Kier molecular flexibility index (Phi) is 4.63. The zero-order valence-electron chi connectivity index (χ0n) is 16.3. The topological polar surface area (TPSA) is 54.3 Å². The number of aromatic nitrogens is 3. The Balaban J connectivity index is 1.41. The molecule has 1 saturated heterocycles. The van der Waals surface area contributed by atoms with Crippen LogP contribution in [0.4, 0.5) is 14.9 Å². The quantitative estimate of drug-likeness (QED) is 0.507. The Hall–Kier alpha value is -3.74. The predicted molar refractivity (Wildman–Crippen MR) is 113 cm³/mol. The first-order valence-electron chi connectivity index (χ1n) is 9.89. The highest BCUT2D eigenvalue weighted by Crippen LogP contribution is 2.31. The van der Waals surface area contributed by atoms with Crippen LogP contribution < -0.4 is 4.90 Å². The number of halogens is 1. The van der Waals surface area contributed by atoms with Gasteiger partial charge in [-0.25, -0.2) is 13.9 Å². The maximum absolute atomic E-state index is 14.3. The smallest absolute Gasteiger partial charge is 0.322 e. The Morgan fingerprint density at radius 2 is 1.80 bits per heavy atom. The number of carbonyl (C=O) groups excluding carboxylic acids is 1. The third kappa shape index (κ3) is 3.18. The van der Waals surface area contributed by atoms with E-state index >= 15 is 0 Å². The first-order valence-corrected chi connectivity index (χ1v) is 9.89. The van der Waals surface area contributed by atoms with Gasteiger partial charge in [0.2, 0.25) is 0 Å². The van der Waals surface area contributed by atoms with E-state index in [0.717, 1.165) is 28.6 Å².